The van der Waals surface area contributed by atoms with Gasteiger partial charge in [-0.3, -0.25) is 0 Å². The number of nitrogens with zero attached hydrogens (tertiary/aromatic N) is 2. The first-order valence-corrected chi connectivity index (χ1v) is 8.17. The summed E-state index contributed by atoms with van der Waals surface area (Å²) in [6.45, 7) is 4.22. The largest absolute Gasteiger partial charge is 0.497 e. The number of rotatable bonds is 7. The molecule has 1 aromatic heterocycles. The summed E-state index contributed by atoms with van der Waals surface area (Å²) in [6, 6.07) is 6.04. The van der Waals surface area contributed by atoms with E-state index in [0.717, 1.165) is 31.0 Å². The maximum absolute atomic E-state index is 6.03. The van der Waals surface area contributed by atoms with Crippen molar-refractivity contribution < 1.29 is 14.0 Å². The van der Waals surface area contributed by atoms with E-state index < -0.39 is 0 Å². The van der Waals surface area contributed by atoms with Gasteiger partial charge in [0.25, 0.3) is 0 Å². The summed E-state index contributed by atoms with van der Waals surface area (Å²) in [5.41, 5.74) is 1.24. The van der Waals surface area contributed by atoms with Crippen LogP contribution in [0.25, 0.3) is 0 Å². The van der Waals surface area contributed by atoms with E-state index in [1.807, 2.05) is 12.1 Å². The predicted octanol–water partition coefficient (Wildman–Crippen LogP) is 2.98. The summed E-state index contributed by atoms with van der Waals surface area (Å²) >= 11 is 0. The second-order valence-corrected chi connectivity index (χ2v) is 5.97. The topological polar surface area (TPSA) is 27.3 Å². The van der Waals surface area contributed by atoms with Gasteiger partial charge in [0.15, 0.2) is 0 Å². The van der Waals surface area contributed by atoms with Crippen molar-refractivity contribution in [2.24, 2.45) is 0 Å². The van der Waals surface area contributed by atoms with Crippen molar-refractivity contribution in [3.05, 3.63) is 42.5 Å². The molecule has 1 aromatic carbocycles. The number of hydrogen-bond donors (Lipinski definition) is 0. The molecule has 1 aliphatic heterocycles. The van der Waals surface area contributed by atoms with E-state index in [4.69, 9.17) is 9.47 Å². The van der Waals surface area contributed by atoms with Crippen molar-refractivity contribution in [2.75, 3.05) is 7.11 Å². The van der Waals surface area contributed by atoms with Crippen LogP contribution in [0.5, 0.6) is 11.5 Å². The molecule has 0 amide bonds. The lowest BCUT2D eigenvalue weighted by atomic mass is 10.1. The fourth-order valence-corrected chi connectivity index (χ4v) is 2.98. The third kappa shape index (κ3) is 3.43. The zero-order valence-corrected chi connectivity index (χ0v) is 13.5. The molecule has 1 unspecified atom stereocenters. The molecule has 0 aliphatic carbocycles. The number of hydrogen-bond acceptors (Lipinski definition) is 2. The molecule has 1 atom stereocenters. The number of unbranched alkanes of at least 4 members (excludes halogenated alkanes) is 2. The molecule has 2 heterocycles. The van der Waals surface area contributed by atoms with Gasteiger partial charge in [-0.1, -0.05) is 13.3 Å². The van der Waals surface area contributed by atoms with Crippen molar-refractivity contribution >= 4 is 0 Å². The first-order chi connectivity index (χ1) is 10.8. The summed E-state index contributed by atoms with van der Waals surface area (Å²) in [5.74, 6) is 1.89. The number of imidazole rings is 1. The van der Waals surface area contributed by atoms with Gasteiger partial charge in [0.2, 0.25) is 6.33 Å². The zero-order valence-electron chi connectivity index (χ0n) is 13.5. The Hall–Kier alpha value is -1.97. The molecule has 118 valence electrons. The Bertz CT molecular complexity index is 621. The van der Waals surface area contributed by atoms with Gasteiger partial charge in [-0.15, -0.1) is 0 Å². The van der Waals surface area contributed by atoms with Crippen LogP contribution >= 0.6 is 0 Å². The molecule has 0 spiro atoms. The molecule has 4 heteroatoms. The summed E-state index contributed by atoms with van der Waals surface area (Å²) in [6.07, 6.45) is 11.4. The molecule has 0 fully saturated rings. The number of ether oxygens (including phenoxy) is 2. The molecular weight excluding hydrogens is 276 g/mol. The quantitative estimate of drug-likeness (QED) is 0.581. The Morgan fingerprint density at radius 3 is 3.09 bits per heavy atom. The average molecular weight is 301 g/mol. The Kier molecular flexibility index (Phi) is 4.66. The smallest absolute Gasteiger partial charge is 0.243 e. The van der Waals surface area contributed by atoms with Gasteiger partial charge in [-0.25, -0.2) is 9.13 Å². The highest BCUT2D eigenvalue weighted by Crippen LogP contribution is 2.31. The van der Waals surface area contributed by atoms with Gasteiger partial charge in [0.1, 0.15) is 36.5 Å². The van der Waals surface area contributed by atoms with Crippen LogP contribution in [-0.2, 0) is 19.5 Å². The SMILES string of the molecule is CCCCCn1cc[n+](CC2Cc3cc(OC)ccc3O2)c1. The van der Waals surface area contributed by atoms with Crippen LogP contribution in [0.4, 0.5) is 0 Å². The third-order valence-electron chi connectivity index (χ3n) is 4.19. The minimum Gasteiger partial charge on any atom is -0.497 e. The number of aromatic nitrogens is 2. The monoisotopic (exact) mass is 301 g/mol. The van der Waals surface area contributed by atoms with Crippen LogP contribution in [0.15, 0.2) is 36.9 Å². The predicted molar refractivity (Wildman–Crippen MR) is 85.3 cm³/mol. The molecule has 22 heavy (non-hydrogen) atoms. The standard InChI is InChI=1S/C18H25N2O2/c1-3-4-5-8-19-9-10-20(14-19)13-17-12-15-11-16(21-2)6-7-18(15)22-17/h6-7,9-11,14,17H,3-5,8,12-13H2,1-2H3/q+1. The van der Waals surface area contributed by atoms with Crippen LogP contribution in [0, 0.1) is 0 Å². The first kappa shape index (κ1) is 14.9. The Balaban J connectivity index is 1.56. The molecule has 0 N–H and O–H groups in total. The molecule has 2 aromatic rings. The van der Waals surface area contributed by atoms with Crippen LogP contribution in [0.3, 0.4) is 0 Å². The lowest BCUT2D eigenvalue weighted by Crippen LogP contribution is -2.39. The normalized spacial score (nSPS) is 16.4. The fourth-order valence-electron chi connectivity index (χ4n) is 2.98. The van der Waals surface area contributed by atoms with Crippen molar-refractivity contribution in [1.82, 2.24) is 4.57 Å². The van der Waals surface area contributed by atoms with Crippen molar-refractivity contribution in [1.29, 1.82) is 0 Å². The van der Waals surface area contributed by atoms with Gasteiger partial charge in [-0.05, 0) is 31.0 Å². The highest BCUT2D eigenvalue weighted by atomic mass is 16.5. The molecule has 0 bridgehead atoms. The van der Waals surface area contributed by atoms with Crippen LogP contribution in [-0.4, -0.2) is 17.8 Å². The average Bonchev–Trinajstić information content (AvgIpc) is 3.13. The van der Waals surface area contributed by atoms with Crippen molar-refractivity contribution in [2.45, 2.75) is 51.8 Å². The molecule has 0 radical (unpaired) electrons. The van der Waals surface area contributed by atoms with E-state index >= 15 is 0 Å². The summed E-state index contributed by atoms with van der Waals surface area (Å²) < 4.78 is 15.8. The van der Waals surface area contributed by atoms with E-state index in [1.54, 1.807) is 7.11 Å². The minimum absolute atomic E-state index is 0.207. The van der Waals surface area contributed by atoms with Gasteiger partial charge < -0.3 is 9.47 Å². The molecule has 3 rings (SSSR count). The zero-order chi connectivity index (χ0) is 15.4. The van der Waals surface area contributed by atoms with Gasteiger partial charge in [0.05, 0.1) is 13.7 Å². The minimum atomic E-state index is 0.207. The van der Waals surface area contributed by atoms with E-state index in [-0.39, 0.29) is 6.10 Å². The Morgan fingerprint density at radius 2 is 2.27 bits per heavy atom. The number of benzene rings is 1. The van der Waals surface area contributed by atoms with Gasteiger partial charge >= 0.3 is 0 Å². The highest BCUT2D eigenvalue weighted by Gasteiger charge is 2.25. The Morgan fingerprint density at radius 1 is 1.36 bits per heavy atom. The highest BCUT2D eigenvalue weighted by molar-refractivity contribution is 5.43. The summed E-state index contributed by atoms with van der Waals surface area (Å²) in [5, 5.41) is 0. The maximum Gasteiger partial charge on any atom is 0.243 e. The van der Waals surface area contributed by atoms with Crippen LogP contribution < -0.4 is 14.0 Å². The number of methoxy groups -OCH3 is 1. The van der Waals surface area contributed by atoms with Crippen LogP contribution in [0.1, 0.15) is 31.7 Å². The third-order valence-corrected chi connectivity index (χ3v) is 4.19. The second-order valence-electron chi connectivity index (χ2n) is 5.97. The lowest BCUT2D eigenvalue weighted by molar-refractivity contribution is -0.702. The molecule has 0 saturated heterocycles. The molecule has 0 saturated carbocycles. The van der Waals surface area contributed by atoms with E-state index in [2.05, 4.69) is 40.8 Å². The van der Waals surface area contributed by atoms with Crippen molar-refractivity contribution in [3.63, 3.8) is 0 Å². The van der Waals surface area contributed by atoms with Crippen molar-refractivity contribution in [3.8, 4) is 11.5 Å². The summed E-state index contributed by atoms with van der Waals surface area (Å²) in [4.78, 5) is 0. The number of aryl methyl sites for hydroxylation is 1. The second kappa shape index (κ2) is 6.86. The van der Waals surface area contributed by atoms with Gasteiger partial charge in [0, 0.05) is 12.0 Å². The molecule has 4 nitrogen and oxygen atoms in total. The van der Waals surface area contributed by atoms with Gasteiger partial charge in [-0.2, -0.15) is 0 Å². The van der Waals surface area contributed by atoms with Crippen LogP contribution in [0.2, 0.25) is 0 Å². The first-order valence-electron chi connectivity index (χ1n) is 8.17. The maximum atomic E-state index is 6.03. The lowest BCUT2D eigenvalue weighted by Gasteiger charge is -2.07. The summed E-state index contributed by atoms with van der Waals surface area (Å²) in [7, 11) is 1.70. The fraction of sp³-hybridized carbons (Fsp3) is 0.500. The van der Waals surface area contributed by atoms with E-state index in [1.165, 1.54) is 24.8 Å². The van der Waals surface area contributed by atoms with E-state index in [9.17, 15) is 0 Å². The molecule has 1 aliphatic rings. The number of fused-ring (bicyclic) bond motifs is 1. The molecular formula is C18H25N2O2+. The van der Waals surface area contributed by atoms with E-state index in [0.29, 0.717) is 0 Å². The Labute approximate surface area is 132 Å².